The molecule has 0 radical (unpaired) electrons. The lowest BCUT2D eigenvalue weighted by atomic mass is 9.84. The highest BCUT2D eigenvalue weighted by atomic mass is 32.2. The Hall–Kier alpha value is -0.620. The fourth-order valence-corrected chi connectivity index (χ4v) is 3.53. The van der Waals surface area contributed by atoms with Gasteiger partial charge in [-0.15, -0.1) is 0 Å². The quantitative estimate of drug-likeness (QED) is 0.799. The zero-order chi connectivity index (χ0) is 15.3. The number of carbonyl (C=O) groups is 1. The molecule has 1 amide bonds. The lowest BCUT2D eigenvalue weighted by Crippen LogP contribution is -2.48. The SMILES string of the molecule is CCC1CCC(N(C)C(=O)C(N)CCS(C)(=O)=O)CC1. The van der Waals surface area contributed by atoms with Gasteiger partial charge in [-0.05, 0) is 38.0 Å². The molecule has 0 aromatic rings. The zero-order valence-electron chi connectivity index (χ0n) is 12.8. The molecule has 0 aliphatic heterocycles. The van der Waals surface area contributed by atoms with Crippen LogP contribution in [0.1, 0.15) is 45.4 Å². The number of nitrogens with zero attached hydrogens (tertiary/aromatic N) is 1. The lowest BCUT2D eigenvalue weighted by Gasteiger charge is -2.35. The predicted molar refractivity (Wildman–Crippen MR) is 81.1 cm³/mol. The van der Waals surface area contributed by atoms with E-state index in [0.717, 1.165) is 31.6 Å². The van der Waals surface area contributed by atoms with E-state index in [0.29, 0.717) is 0 Å². The number of hydrogen-bond donors (Lipinski definition) is 1. The molecule has 1 rings (SSSR count). The van der Waals surface area contributed by atoms with E-state index in [1.54, 1.807) is 11.9 Å². The van der Waals surface area contributed by atoms with Gasteiger partial charge in [-0.1, -0.05) is 13.3 Å². The van der Waals surface area contributed by atoms with Crippen LogP contribution in [-0.4, -0.2) is 50.4 Å². The summed E-state index contributed by atoms with van der Waals surface area (Å²) in [6, 6.07) is -0.451. The van der Waals surface area contributed by atoms with E-state index in [1.807, 2.05) is 0 Å². The van der Waals surface area contributed by atoms with Gasteiger partial charge in [0, 0.05) is 19.3 Å². The van der Waals surface area contributed by atoms with Crippen LogP contribution in [-0.2, 0) is 14.6 Å². The van der Waals surface area contributed by atoms with Crippen LogP contribution in [0.5, 0.6) is 0 Å². The van der Waals surface area contributed by atoms with E-state index in [1.165, 1.54) is 12.7 Å². The fourth-order valence-electron chi connectivity index (χ4n) is 2.85. The van der Waals surface area contributed by atoms with E-state index in [4.69, 9.17) is 5.73 Å². The van der Waals surface area contributed by atoms with Crippen LogP contribution in [0.15, 0.2) is 0 Å². The van der Waals surface area contributed by atoms with Crippen LogP contribution in [0, 0.1) is 5.92 Å². The third-order valence-electron chi connectivity index (χ3n) is 4.41. The Kier molecular flexibility index (Phi) is 6.45. The first-order valence-electron chi connectivity index (χ1n) is 7.44. The van der Waals surface area contributed by atoms with Crippen LogP contribution in [0.4, 0.5) is 0 Å². The minimum atomic E-state index is -3.06. The molecular weight excluding hydrogens is 276 g/mol. The molecule has 0 saturated heterocycles. The molecule has 1 aliphatic carbocycles. The van der Waals surface area contributed by atoms with E-state index >= 15 is 0 Å². The lowest BCUT2D eigenvalue weighted by molar-refractivity contribution is -0.134. The van der Waals surface area contributed by atoms with Crippen molar-refractivity contribution in [3.05, 3.63) is 0 Å². The zero-order valence-corrected chi connectivity index (χ0v) is 13.7. The van der Waals surface area contributed by atoms with Crippen molar-refractivity contribution in [3.63, 3.8) is 0 Å². The molecule has 5 nitrogen and oxygen atoms in total. The summed E-state index contributed by atoms with van der Waals surface area (Å²) in [6.45, 7) is 2.21. The number of carbonyl (C=O) groups excluding carboxylic acids is 1. The van der Waals surface area contributed by atoms with Crippen LogP contribution in [0.3, 0.4) is 0 Å². The minimum absolute atomic E-state index is 0.0314. The molecule has 118 valence electrons. The Morgan fingerprint density at radius 3 is 2.30 bits per heavy atom. The third kappa shape index (κ3) is 5.40. The van der Waals surface area contributed by atoms with Gasteiger partial charge in [-0.25, -0.2) is 8.42 Å². The first-order chi connectivity index (χ1) is 9.24. The molecule has 0 heterocycles. The maximum absolute atomic E-state index is 12.2. The highest BCUT2D eigenvalue weighted by molar-refractivity contribution is 7.90. The van der Waals surface area contributed by atoms with E-state index in [9.17, 15) is 13.2 Å². The van der Waals surface area contributed by atoms with Gasteiger partial charge in [0.2, 0.25) is 5.91 Å². The highest BCUT2D eigenvalue weighted by Crippen LogP contribution is 2.29. The van der Waals surface area contributed by atoms with Crippen molar-refractivity contribution in [1.82, 2.24) is 4.90 Å². The van der Waals surface area contributed by atoms with Crippen LogP contribution in [0.2, 0.25) is 0 Å². The Morgan fingerprint density at radius 2 is 1.85 bits per heavy atom. The number of sulfone groups is 1. The van der Waals surface area contributed by atoms with Gasteiger partial charge in [0.05, 0.1) is 11.8 Å². The first kappa shape index (κ1) is 17.4. The van der Waals surface area contributed by atoms with Gasteiger partial charge in [0.25, 0.3) is 0 Å². The molecule has 1 saturated carbocycles. The van der Waals surface area contributed by atoms with Gasteiger partial charge in [0.1, 0.15) is 9.84 Å². The fraction of sp³-hybridized carbons (Fsp3) is 0.929. The van der Waals surface area contributed by atoms with Crippen molar-refractivity contribution in [1.29, 1.82) is 0 Å². The van der Waals surface area contributed by atoms with Crippen molar-refractivity contribution in [3.8, 4) is 0 Å². The van der Waals surface area contributed by atoms with E-state index in [2.05, 4.69) is 6.92 Å². The third-order valence-corrected chi connectivity index (χ3v) is 5.38. The molecule has 20 heavy (non-hydrogen) atoms. The average Bonchev–Trinajstić information content (AvgIpc) is 2.42. The van der Waals surface area contributed by atoms with Crippen molar-refractivity contribution in [2.75, 3.05) is 19.1 Å². The summed E-state index contributed by atoms with van der Waals surface area (Å²) in [6.07, 6.45) is 6.96. The number of hydrogen-bond acceptors (Lipinski definition) is 4. The largest absolute Gasteiger partial charge is 0.341 e. The van der Waals surface area contributed by atoms with Crippen molar-refractivity contribution in [2.45, 2.75) is 57.5 Å². The second-order valence-electron chi connectivity index (χ2n) is 6.06. The summed E-state index contributed by atoms with van der Waals surface area (Å²) in [4.78, 5) is 14.0. The van der Waals surface area contributed by atoms with Crippen LogP contribution < -0.4 is 5.73 Å². The van der Waals surface area contributed by atoms with Crippen molar-refractivity contribution >= 4 is 15.7 Å². The number of nitrogens with two attached hydrogens (primary N) is 1. The molecule has 0 aromatic heterocycles. The summed E-state index contributed by atoms with van der Waals surface area (Å²) in [5, 5.41) is 0. The van der Waals surface area contributed by atoms with Gasteiger partial charge < -0.3 is 10.6 Å². The van der Waals surface area contributed by atoms with E-state index < -0.39 is 15.9 Å². The maximum atomic E-state index is 12.2. The average molecular weight is 304 g/mol. The van der Waals surface area contributed by atoms with Gasteiger partial charge in [-0.3, -0.25) is 4.79 Å². The molecule has 6 heteroatoms. The normalized spacial score (nSPS) is 25.2. The molecule has 2 N–H and O–H groups in total. The Morgan fingerprint density at radius 1 is 1.30 bits per heavy atom. The van der Waals surface area contributed by atoms with E-state index in [-0.39, 0.29) is 24.1 Å². The summed E-state index contributed by atoms with van der Waals surface area (Å²) >= 11 is 0. The van der Waals surface area contributed by atoms with Crippen LogP contribution in [0.25, 0.3) is 0 Å². The molecule has 1 unspecified atom stereocenters. The van der Waals surface area contributed by atoms with Gasteiger partial charge >= 0.3 is 0 Å². The highest BCUT2D eigenvalue weighted by Gasteiger charge is 2.28. The van der Waals surface area contributed by atoms with Crippen molar-refractivity contribution in [2.24, 2.45) is 11.7 Å². The molecule has 0 spiro atoms. The number of rotatable bonds is 6. The number of likely N-dealkylation sites (N-methyl/N-ethyl adjacent to an activating group) is 1. The Labute approximate surface area is 122 Å². The van der Waals surface area contributed by atoms with Crippen LogP contribution >= 0.6 is 0 Å². The molecule has 1 fully saturated rings. The molecule has 1 atom stereocenters. The second-order valence-corrected chi connectivity index (χ2v) is 8.32. The molecule has 1 aliphatic rings. The minimum Gasteiger partial charge on any atom is -0.341 e. The Bertz CT molecular complexity index is 414. The monoisotopic (exact) mass is 304 g/mol. The summed E-state index contributed by atoms with van der Waals surface area (Å²) < 4.78 is 22.2. The first-order valence-corrected chi connectivity index (χ1v) is 9.50. The van der Waals surface area contributed by atoms with Gasteiger partial charge in [0.15, 0.2) is 0 Å². The Balaban J connectivity index is 2.46. The number of amides is 1. The smallest absolute Gasteiger partial charge is 0.239 e. The summed E-state index contributed by atoms with van der Waals surface area (Å²) in [7, 11) is -1.27. The molecular formula is C14H28N2O3S. The molecule has 0 aromatic carbocycles. The van der Waals surface area contributed by atoms with Crippen molar-refractivity contribution < 1.29 is 13.2 Å². The summed E-state index contributed by atoms with van der Waals surface area (Å²) in [5.41, 5.74) is 5.83. The molecule has 0 bridgehead atoms. The maximum Gasteiger partial charge on any atom is 0.239 e. The standard InChI is InChI=1S/C14H28N2O3S/c1-4-11-5-7-12(8-6-11)16(2)14(17)13(15)9-10-20(3,18)19/h11-13H,4-10,15H2,1-3H3. The summed E-state index contributed by atoms with van der Waals surface area (Å²) in [5.74, 6) is 0.623. The van der Waals surface area contributed by atoms with Gasteiger partial charge in [-0.2, -0.15) is 0 Å². The predicted octanol–water partition coefficient (Wildman–Crippen LogP) is 1.18. The topological polar surface area (TPSA) is 80.5 Å². The second kappa shape index (κ2) is 7.41.